The lowest BCUT2D eigenvalue weighted by Crippen LogP contribution is -2.34. The summed E-state index contributed by atoms with van der Waals surface area (Å²) in [5, 5.41) is 5.81. The molecule has 0 saturated carbocycles. The van der Waals surface area contributed by atoms with Crippen molar-refractivity contribution in [2.45, 2.75) is 47.7 Å². The highest BCUT2D eigenvalue weighted by atomic mass is 16.2. The quantitative estimate of drug-likeness (QED) is 0.876. The molecular formula is C17H26N2O2. The van der Waals surface area contributed by atoms with E-state index < -0.39 is 0 Å². The topological polar surface area (TPSA) is 58.2 Å². The summed E-state index contributed by atoms with van der Waals surface area (Å²) in [6.07, 6.45) is 0. The van der Waals surface area contributed by atoms with Crippen molar-refractivity contribution in [1.82, 2.24) is 10.6 Å². The molecule has 4 nitrogen and oxygen atoms in total. The third kappa shape index (κ3) is 5.98. The number of carbonyl (C=O) groups excluding carboxylic acids is 2. The second-order valence-electron chi connectivity index (χ2n) is 6.63. The van der Waals surface area contributed by atoms with Crippen LogP contribution in [0.2, 0.25) is 0 Å². The zero-order chi connectivity index (χ0) is 16.0. The largest absolute Gasteiger partial charge is 0.352 e. The molecule has 1 aromatic rings. The molecule has 0 aliphatic rings. The van der Waals surface area contributed by atoms with E-state index in [9.17, 15) is 9.59 Å². The summed E-state index contributed by atoms with van der Waals surface area (Å²) < 4.78 is 0. The van der Waals surface area contributed by atoms with E-state index in [2.05, 4.69) is 10.6 Å². The Labute approximate surface area is 127 Å². The SMILES string of the molecule is CC(C)C(=O)NCc1cccc(CNC(=O)C(C)(C)C)c1. The summed E-state index contributed by atoms with van der Waals surface area (Å²) in [5.41, 5.74) is 1.68. The molecule has 116 valence electrons. The standard InChI is InChI=1S/C17H26N2O2/c1-12(2)15(20)18-10-13-7-6-8-14(9-13)11-19-16(21)17(3,4)5/h6-9,12H,10-11H2,1-5H3,(H,18,20)(H,19,21). The van der Waals surface area contributed by atoms with Gasteiger partial charge in [0.1, 0.15) is 0 Å². The van der Waals surface area contributed by atoms with Crippen molar-refractivity contribution in [2.75, 3.05) is 0 Å². The van der Waals surface area contributed by atoms with Crippen molar-refractivity contribution in [3.63, 3.8) is 0 Å². The monoisotopic (exact) mass is 290 g/mol. The Morgan fingerprint density at radius 1 is 1.05 bits per heavy atom. The number of nitrogens with one attached hydrogen (secondary N) is 2. The van der Waals surface area contributed by atoms with Crippen LogP contribution >= 0.6 is 0 Å². The van der Waals surface area contributed by atoms with Crippen LogP contribution in [0.4, 0.5) is 0 Å². The normalized spacial score (nSPS) is 11.3. The van der Waals surface area contributed by atoms with Crippen molar-refractivity contribution in [3.8, 4) is 0 Å². The van der Waals surface area contributed by atoms with Gasteiger partial charge in [-0.05, 0) is 11.1 Å². The van der Waals surface area contributed by atoms with E-state index in [-0.39, 0.29) is 23.1 Å². The van der Waals surface area contributed by atoms with Gasteiger partial charge in [-0.15, -0.1) is 0 Å². The zero-order valence-electron chi connectivity index (χ0n) is 13.6. The Morgan fingerprint density at radius 3 is 2.05 bits per heavy atom. The van der Waals surface area contributed by atoms with Crippen LogP contribution in [0.25, 0.3) is 0 Å². The lowest BCUT2D eigenvalue weighted by molar-refractivity contribution is -0.128. The van der Waals surface area contributed by atoms with Gasteiger partial charge in [0.05, 0.1) is 0 Å². The van der Waals surface area contributed by atoms with Gasteiger partial charge in [0.25, 0.3) is 0 Å². The minimum Gasteiger partial charge on any atom is -0.352 e. The summed E-state index contributed by atoms with van der Waals surface area (Å²) in [6, 6.07) is 7.88. The third-order valence-corrected chi connectivity index (χ3v) is 3.12. The molecule has 0 fully saturated rings. The van der Waals surface area contributed by atoms with Gasteiger partial charge in [0.2, 0.25) is 11.8 Å². The van der Waals surface area contributed by atoms with E-state index in [1.165, 1.54) is 0 Å². The predicted molar refractivity (Wildman–Crippen MR) is 84.4 cm³/mol. The molecule has 2 amide bonds. The first-order chi connectivity index (χ1) is 9.70. The van der Waals surface area contributed by atoms with Crippen LogP contribution < -0.4 is 10.6 Å². The molecule has 0 atom stereocenters. The van der Waals surface area contributed by atoms with Crippen LogP contribution in [-0.4, -0.2) is 11.8 Å². The van der Waals surface area contributed by atoms with E-state index in [0.717, 1.165) is 11.1 Å². The van der Waals surface area contributed by atoms with Gasteiger partial charge >= 0.3 is 0 Å². The lowest BCUT2D eigenvalue weighted by Gasteiger charge is -2.17. The molecule has 0 heterocycles. The molecular weight excluding hydrogens is 264 g/mol. The van der Waals surface area contributed by atoms with Gasteiger partial charge in [0, 0.05) is 24.4 Å². The Hall–Kier alpha value is -1.84. The van der Waals surface area contributed by atoms with E-state index in [1.54, 1.807) is 0 Å². The van der Waals surface area contributed by atoms with Crippen LogP contribution in [0.15, 0.2) is 24.3 Å². The number of amides is 2. The summed E-state index contributed by atoms with van der Waals surface area (Å²) in [7, 11) is 0. The van der Waals surface area contributed by atoms with Gasteiger partial charge in [-0.2, -0.15) is 0 Å². The summed E-state index contributed by atoms with van der Waals surface area (Å²) in [4.78, 5) is 23.4. The molecule has 4 heteroatoms. The maximum Gasteiger partial charge on any atom is 0.225 e. The first-order valence-electron chi connectivity index (χ1n) is 7.34. The van der Waals surface area contributed by atoms with Gasteiger partial charge in [-0.25, -0.2) is 0 Å². The zero-order valence-corrected chi connectivity index (χ0v) is 13.6. The van der Waals surface area contributed by atoms with Crippen LogP contribution in [0.3, 0.4) is 0 Å². The fourth-order valence-electron chi connectivity index (χ4n) is 1.69. The van der Waals surface area contributed by atoms with Crippen LogP contribution in [0.5, 0.6) is 0 Å². The molecule has 0 aliphatic heterocycles. The minimum absolute atomic E-state index is 0.0146. The van der Waals surface area contributed by atoms with E-state index >= 15 is 0 Å². The molecule has 0 saturated heterocycles. The molecule has 0 aliphatic carbocycles. The third-order valence-electron chi connectivity index (χ3n) is 3.12. The number of benzene rings is 1. The maximum atomic E-state index is 11.8. The Kier molecular flexibility index (Phi) is 5.94. The molecule has 0 aromatic heterocycles. The summed E-state index contributed by atoms with van der Waals surface area (Å²) in [5.74, 6) is 0.0571. The smallest absolute Gasteiger partial charge is 0.225 e. The minimum atomic E-state index is -0.386. The molecule has 2 N–H and O–H groups in total. The van der Waals surface area contributed by atoms with Crippen molar-refractivity contribution in [2.24, 2.45) is 11.3 Å². The van der Waals surface area contributed by atoms with Gasteiger partial charge in [0.15, 0.2) is 0 Å². The van der Waals surface area contributed by atoms with Crippen LogP contribution in [-0.2, 0) is 22.7 Å². The highest BCUT2D eigenvalue weighted by Gasteiger charge is 2.20. The Balaban J connectivity index is 2.57. The van der Waals surface area contributed by atoms with Crippen molar-refractivity contribution >= 4 is 11.8 Å². The molecule has 0 spiro atoms. The Morgan fingerprint density at radius 2 is 1.57 bits per heavy atom. The van der Waals surface area contributed by atoms with E-state index in [4.69, 9.17) is 0 Å². The molecule has 0 unspecified atom stereocenters. The van der Waals surface area contributed by atoms with E-state index in [1.807, 2.05) is 58.9 Å². The number of rotatable bonds is 5. The molecule has 0 radical (unpaired) electrons. The Bertz CT molecular complexity index is 502. The van der Waals surface area contributed by atoms with Gasteiger partial charge in [-0.3, -0.25) is 9.59 Å². The fourth-order valence-corrected chi connectivity index (χ4v) is 1.69. The lowest BCUT2D eigenvalue weighted by atomic mass is 9.95. The number of hydrogen-bond donors (Lipinski definition) is 2. The van der Waals surface area contributed by atoms with Crippen molar-refractivity contribution in [3.05, 3.63) is 35.4 Å². The fraction of sp³-hybridized carbons (Fsp3) is 0.529. The highest BCUT2D eigenvalue weighted by Crippen LogP contribution is 2.13. The first kappa shape index (κ1) is 17.2. The molecule has 1 rings (SSSR count). The highest BCUT2D eigenvalue weighted by molar-refractivity contribution is 5.81. The van der Waals surface area contributed by atoms with E-state index in [0.29, 0.717) is 13.1 Å². The maximum absolute atomic E-state index is 11.8. The second-order valence-corrected chi connectivity index (χ2v) is 6.63. The molecule has 21 heavy (non-hydrogen) atoms. The van der Waals surface area contributed by atoms with Crippen molar-refractivity contribution in [1.29, 1.82) is 0 Å². The van der Waals surface area contributed by atoms with Gasteiger partial charge in [-0.1, -0.05) is 58.9 Å². The van der Waals surface area contributed by atoms with Gasteiger partial charge < -0.3 is 10.6 Å². The second kappa shape index (κ2) is 7.25. The number of hydrogen-bond acceptors (Lipinski definition) is 2. The van der Waals surface area contributed by atoms with Crippen LogP contribution in [0.1, 0.15) is 45.7 Å². The molecule has 1 aromatic carbocycles. The number of carbonyl (C=O) groups is 2. The summed E-state index contributed by atoms with van der Waals surface area (Å²) in [6.45, 7) is 10.4. The summed E-state index contributed by atoms with van der Waals surface area (Å²) >= 11 is 0. The van der Waals surface area contributed by atoms with Crippen molar-refractivity contribution < 1.29 is 9.59 Å². The van der Waals surface area contributed by atoms with Crippen LogP contribution in [0, 0.1) is 11.3 Å². The predicted octanol–water partition coefficient (Wildman–Crippen LogP) is 2.62. The molecule has 0 bridgehead atoms. The average Bonchev–Trinajstić information content (AvgIpc) is 2.41. The first-order valence-corrected chi connectivity index (χ1v) is 7.34. The average molecular weight is 290 g/mol.